The molecule has 2 aromatic carbocycles. The minimum atomic E-state index is 0.250. The van der Waals surface area contributed by atoms with Crippen LogP contribution in [0.3, 0.4) is 0 Å². The molecule has 0 bridgehead atoms. The van der Waals surface area contributed by atoms with Gasteiger partial charge in [-0.05, 0) is 53.8 Å². The topological polar surface area (TPSA) is 51.6 Å². The summed E-state index contributed by atoms with van der Waals surface area (Å²) < 4.78 is 0. The molecule has 2 N–H and O–H groups in total. The largest absolute Gasteiger partial charge is 0.361 e. The lowest BCUT2D eigenvalue weighted by Crippen LogP contribution is -2.17. The highest BCUT2D eigenvalue weighted by Gasteiger charge is 2.05. The van der Waals surface area contributed by atoms with Crippen LogP contribution in [0.4, 0.5) is 0 Å². The van der Waals surface area contributed by atoms with Crippen LogP contribution in [0.15, 0.2) is 54.7 Å². The molecule has 3 heteroatoms. The van der Waals surface area contributed by atoms with Gasteiger partial charge >= 0.3 is 0 Å². The standard InChI is InChI=1S/C18H17N3/c1-13(16-5-2-14(11-19)3-6-16)21-12-15-4-7-18-17(10-15)8-9-20-18/h2-10,13,20-21H,12H2,1H3. The highest BCUT2D eigenvalue weighted by atomic mass is 14.9. The third-order valence-electron chi connectivity index (χ3n) is 3.77. The van der Waals surface area contributed by atoms with Crippen molar-refractivity contribution < 1.29 is 0 Å². The summed E-state index contributed by atoms with van der Waals surface area (Å²) in [6, 6.07) is 18.7. The van der Waals surface area contributed by atoms with E-state index in [1.54, 1.807) is 0 Å². The molecule has 0 saturated heterocycles. The van der Waals surface area contributed by atoms with Crippen LogP contribution in [0.5, 0.6) is 0 Å². The maximum absolute atomic E-state index is 8.82. The second-order valence-corrected chi connectivity index (χ2v) is 5.24. The van der Waals surface area contributed by atoms with Crippen molar-refractivity contribution in [1.29, 1.82) is 5.26 Å². The number of nitriles is 1. The SMILES string of the molecule is CC(NCc1ccc2[nH]ccc2c1)c1ccc(C#N)cc1. The Hall–Kier alpha value is -2.57. The van der Waals surface area contributed by atoms with Gasteiger partial charge in [-0.2, -0.15) is 5.26 Å². The van der Waals surface area contributed by atoms with Crippen molar-refractivity contribution in [2.75, 3.05) is 0 Å². The molecule has 0 radical (unpaired) electrons. The molecule has 3 nitrogen and oxygen atoms in total. The normalized spacial score (nSPS) is 12.2. The maximum atomic E-state index is 8.82. The fourth-order valence-electron chi connectivity index (χ4n) is 2.45. The number of rotatable bonds is 4. The molecule has 3 aromatic rings. The Balaban J connectivity index is 1.66. The van der Waals surface area contributed by atoms with E-state index in [4.69, 9.17) is 5.26 Å². The van der Waals surface area contributed by atoms with Crippen molar-refractivity contribution in [2.45, 2.75) is 19.5 Å². The molecule has 0 aliphatic rings. The number of aromatic amines is 1. The fraction of sp³-hybridized carbons (Fsp3) is 0.167. The fourth-order valence-corrected chi connectivity index (χ4v) is 2.45. The summed E-state index contributed by atoms with van der Waals surface area (Å²) in [6.45, 7) is 2.96. The first kappa shape index (κ1) is 13.4. The Morgan fingerprint density at radius 1 is 1.14 bits per heavy atom. The minimum Gasteiger partial charge on any atom is -0.361 e. The van der Waals surface area contributed by atoms with Crippen molar-refractivity contribution in [1.82, 2.24) is 10.3 Å². The van der Waals surface area contributed by atoms with E-state index < -0.39 is 0 Å². The van der Waals surface area contributed by atoms with Gasteiger partial charge in [-0.25, -0.2) is 0 Å². The van der Waals surface area contributed by atoms with E-state index in [0.29, 0.717) is 5.56 Å². The molecule has 3 rings (SSSR count). The second-order valence-electron chi connectivity index (χ2n) is 5.24. The molecule has 1 heterocycles. The maximum Gasteiger partial charge on any atom is 0.0991 e. The van der Waals surface area contributed by atoms with Crippen LogP contribution in [0.1, 0.15) is 29.7 Å². The summed E-state index contributed by atoms with van der Waals surface area (Å²) in [5, 5.41) is 13.6. The zero-order valence-corrected chi connectivity index (χ0v) is 11.9. The monoisotopic (exact) mass is 275 g/mol. The number of H-pyrrole nitrogens is 1. The van der Waals surface area contributed by atoms with Gasteiger partial charge in [0.1, 0.15) is 0 Å². The molecule has 21 heavy (non-hydrogen) atoms. The van der Waals surface area contributed by atoms with Gasteiger partial charge in [0.25, 0.3) is 0 Å². The highest BCUT2D eigenvalue weighted by Crippen LogP contribution is 2.17. The summed E-state index contributed by atoms with van der Waals surface area (Å²) in [5.74, 6) is 0. The number of benzene rings is 2. The van der Waals surface area contributed by atoms with Gasteiger partial charge in [-0.15, -0.1) is 0 Å². The molecule has 1 aromatic heterocycles. The summed E-state index contributed by atoms with van der Waals surface area (Å²) in [5.41, 5.74) is 4.32. The Labute approximate surface area is 124 Å². The number of nitrogens with one attached hydrogen (secondary N) is 2. The minimum absolute atomic E-state index is 0.250. The third kappa shape index (κ3) is 2.96. The smallest absolute Gasteiger partial charge is 0.0991 e. The Kier molecular flexibility index (Phi) is 3.72. The van der Waals surface area contributed by atoms with Crippen LogP contribution in [-0.2, 0) is 6.54 Å². The zero-order valence-electron chi connectivity index (χ0n) is 11.9. The van der Waals surface area contributed by atoms with E-state index in [1.165, 1.54) is 22.0 Å². The van der Waals surface area contributed by atoms with Crippen molar-refractivity contribution >= 4 is 10.9 Å². The Morgan fingerprint density at radius 2 is 1.95 bits per heavy atom. The lowest BCUT2D eigenvalue weighted by atomic mass is 10.1. The van der Waals surface area contributed by atoms with Gasteiger partial charge in [-0.3, -0.25) is 0 Å². The Morgan fingerprint density at radius 3 is 2.71 bits per heavy atom. The van der Waals surface area contributed by atoms with Crippen molar-refractivity contribution in [2.24, 2.45) is 0 Å². The summed E-state index contributed by atoms with van der Waals surface area (Å²) in [7, 11) is 0. The van der Waals surface area contributed by atoms with Crippen molar-refractivity contribution in [3.05, 3.63) is 71.4 Å². The molecular formula is C18H17N3. The molecule has 1 unspecified atom stereocenters. The quantitative estimate of drug-likeness (QED) is 0.759. The molecule has 0 fully saturated rings. The van der Waals surface area contributed by atoms with Gasteiger partial charge in [0, 0.05) is 24.3 Å². The highest BCUT2D eigenvalue weighted by molar-refractivity contribution is 5.79. The molecule has 0 saturated carbocycles. The molecule has 104 valence electrons. The van der Waals surface area contributed by atoms with Crippen molar-refractivity contribution in [3.8, 4) is 6.07 Å². The van der Waals surface area contributed by atoms with Gasteiger partial charge in [0.15, 0.2) is 0 Å². The first-order valence-electron chi connectivity index (χ1n) is 7.06. The lowest BCUT2D eigenvalue weighted by Gasteiger charge is -2.14. The van der Waals surface area contributed by atoms with Gasteiger partial charge < -0.3 is 10.3 Å². The molecular weight excluding hydrogens is 258 g/mol. The van der Waals surface area contributed by atoms with Crippen molar-refractivity contribution in [3.63, 3.8) is 0 Å². The van der Waals surface area contributed by atoms with Crippen LogP contribution in [-0.4, -0.2) is 4.98 Å². The number of aromatic nitrogens is 1. The van der Waals surface area contributed by atoms with Gasteiger partial charge in [0.05, 0.1) is 11.6 Å². The number of hydrogen-bond acceptors (Lipinski definition) is 2. The molecule has 0 aliphatic heterocycles. The zero-order chi connectivity index (χ0) is 14.7. The van der Waals surface area contributed by atoms with Crippen LogP contribution < -0.4 is 5.32 Å². The van der Waals surface area contributed by atoms with E-state index in [1.807, 2.05) is 30.5 Å². The molecule has 0 spiro atoms. The van der Waals surface area contributed by atoms with Crippen LogP contribution in [0, 0.1) is 11.3 Å². The second kappa shape index (κ2) is 5.82. The summed E-state index contributed by atoms with van der Waals surface area (Å²) >= 11 is 0. The summed E-state index contributed by atoms with van der Waals surface area (Å²) in [6.07, 6.45) is 1.96. The van der Waals surface area contributed by atoms with E-state index in [2.05, 4.69) is 47.6 Å². The van der Waals surface area contributed by atoms with E-state index >= 15 is 0 Å². The Bertz CT molecular complexity index is 778. The van der Waals surface area contributed by atoms with Gasteiger partial charge in [-0.1, -0.05) is 18.2 Å². The average Bonchev–Trinajstić information content (AvgIpc) is 3.00. The third-order valence-corrected chi connectivity index (χ3v) is 3.77. The first-order chi connectivity index (χ1) is 10.3. The van der Waals surface area contributed by atoms with Gasteiger partial charge in [0.2, 0.25) is 0 Å². The van der Waals surface area contributed by atoms with Crippen LogP contribution in [0.25, 0.3) is 10.9 Å². The predicted octanol–water partition coefficient (Wildman–Crippen LogP) is 3.89. The van der Waals surface area contributed by atoms with E-state index in [0.717, 1.165) is 6.54 Å². The molecule has 1 atom stereocenters. The number of nitrogens with zero attached hydrogens (tertiary/aromatic N) is 1. The summed E-state index contributed by atoms with van der Waals surface area (Å²) in [4.78, 5) is 3.20. The van der Waals surface area contributed by atoms with Crippen LogP contribution >= 0.6 is 0 Å². The van der Waals surface area contributed by atoms with Crippen LogP contribution in [0.2, 0.25) is 0 Å². The van der Waals surface area contributed by atoms with E-state index in [-0.39, 0.29) is 6.04 Å². The first-order valence-corrected chi connectivity index (χ1v) is 7.06. The lowest BCUT2D eigenvalue weighted by molar-refractivity contribution is 0.575. The molecule has 0 aliphatic carbocycles. The molecule has 0 amide bonds. The predicted molar refractivity (Wildman–Crippen MR) is 84.7 cm³/mol. The van der Waals surface area contributed by atoms with E-state index in [9.17, 15) is 0 Å². The number of hydrogen-bond donors (Lipinski definition) is 2. The average molecular weight is 275 g/mol. The number of fused-ring (bicyclic) bond motifs is 1.